The zero-order valence-electron chi connectivity index (χ0n) is 12.6. The average Bonchev–Trinajstić information content (AvgIpc) is 2.84. The Labute approximate surface area is 135 Å². The van der Waals surface area contributed by atoms with Gasteiger partial charge in [-0.15, -0.1) is 11.8 Å². The third-order valence-electron chi connectivity index (χ3n) is 3.46. The van der Waals surface area contributed by atoms with Crippen molar-refractivity contribution in [2.45, 2.75) is 18.0 Å². The Bertz CT molecular complexity index is 855. The summed E-state index contributed by atoms with van der Waals surface area (Å²) in [7, 11) is 1.78. The number of fused-ring (bicyclic) bond motifs is 1. The second kappa shape index (κ2) is 5.88. The van der Waals surface area contributed by atoms with Crippen molar-refractivity contribution in [3.8, 4) is 11.4 Å². The van der Waals surface area contributed by atoms with Crippen LogP contribution >= 0.6 is 11.8 Å². The molecule has 0 saturated carbocycles. The van der Waals surface area contributed by atoms with Crippen LogP contribution in [0.2, 0.25) is 0 Å². The van der Waals surface area contributed by atoms with E-state index in [4.69, 9.17) is 0 Å². The highest BCUT2D eigenvalue weighted by molar-refractivity contribution is 7.99. The zero-order chi connectivity index (χ0) is 16.6. The van der Waals surface area contributed by atoms with Gasteiger partial charge in [0.1, 0.15) is 11.5 Å². The van der Waals surface area contributed by atoms with Crippen LogP contribution in [0.3, 0.4) is 0 Å². The van der Waals surface area contributed by atoms with Crippen LogP contribution < -0.4 is 0 Å². The first-order valence-electron chi connectivity index (χ1n) is 7.04. The van der Waals surface area contributed by atoms with E-state index in [2.05, 4.69) is 9.97 Å². The standard InChI is InChI=1S/C16H14F3N3S/c1-3-23-12-7-5-4-6-10(12)15-21-14-11(22(15)2)8-9-13(20-14)16(17,18)19/h4-9H,3H2,1-2H3. The molecule has 0 atom stereocenters. The molecule has 0 aliphatic rings. The maximum atomic E-state index is 12.8. The van der Waals surface area contributed by atoms with E-state index in [0.717, 1.165) is 22.3 Å². The molecule has 0 radical (unpaired) electrons. The molecule has 23 heavy (non-hydrogen) atoms. The van der Waals surface area contributed by atoms with Crippen LogP contribution in [0, 0.1) is 0 Å². The Morgan fingerprint density at radius 3 is 2.52 bits per heavy atom. The van der Waals surface area contributed by atoms with Gasteiger partial charge in [-0.3, -0.25) is 0 Å². The van der Waals surface area contributed by atoms with E-state index >= 15 is 0 Å². The second-order valence-corrected chi connectivity index (χ2v) is 6.27. The van der Waals surface area contributed by atoms with Crippen LogP contribution in [0.25, 0.3) is 22.6 Å². The molecule has 0 N–H and O–H groups in total. The summed E-state index contributed by atoms with van der Waals surface area (Å²) in [5, 5.41) is 0. The normalized spacial score (nSPS) is 12.0. The topological polar surface area (TPSA) is 30.7 Å². The van der Waals surface area contributed by atoms with E-state index in [9.17, 15) is 13.2 Å². The molecule has 0 bridgehead atoms. The van der Waals surface area contributed by atoms with Gasteiger partial charge in [-0.2, -0.15) is 13.2 Å². The molecule has 0 spiro atoms. The van der Waals surface area contributed by atoms with E-state index in [1.54, 1.807) is 23.4 Å². The van der Waals surface area contributed by atoms with E-state index in [1.807, 2.05) is 31.2 Å². The highest BCUT2D eigenvalue weighted by atomic mass is 32.2. The third-order valence-corrected chi connectivity index (χ3v) is 4.42. The van der Waals surface area contributed by atoms with Crippen molar-refractivity contribution in [1.29, 1.82) is 0 Å². The molecule has 1 aromatic carbocycles. The number of halogens is 3. The van der Waals surface area contributed by atoms with E-state index < -0.39 is 11.9 Å². The van der Waals surface area contributed by atoms with E-state index in [0.29, 0.717) is 11.3 Å². The highest BCUT2D eigenvalue weighted by Gasteiger charge is 2.33. The molecule has 0 aliphatic carbocycles. The predicted octanol–water partition coefficient (Wildman–Crippen LogP) is 4.77. The summed E-state index contributed by atoms with van der Waals surface area (Å²) in [5.74, 6) is 1.51. The molecule has 0 saturated heterocycles. The Morgan fingerprint density at radius 1 is 1.09 bits per heavy atom. The van der Waals surface area contributed by atoms with Crippen LogP contribution in [0.1, 0.15) is 12.6 Å². The largest absolute Gasteiger partial charge is 0.433 e. The quantitative estimate of drug-likeness (QED) is 0.645. The summed E-state index contributed by atoms with van der Waals surface area (Å²) in [6.45, 7) is 2.05. The summed E-state index contributed by atoms with van der Waals surface area (Å²) in [6.07, 6.45) is -4.47. The molecule has 3 nitrogen and oxygen atoms in total. The predicted molar refractivity (Wildman–Crippen MR) is 85.3 cm³/mol. The van der Waals surface area contributed by atoms with Crippen LogP contribution in [-0.2, 0) is 13.2 Å². The molecule has 2 aromatic heterocycles. The zero-order valence-corrected chi connectivity index (χ0v) is 13.4. The van der Waals surface area contributed by atoms with Crippen molar-refractivity contribution < 1.29 is 13.2 Å². The SMILES string of the molecule is CCSc1ccccc1-c1nc2nc(C(F)(F)F)ccc2n1C. The minimum absolute atomic E-state index is 0.105. The third kappa shape index (κ3) is 2.93. The number of nitrogens with zero attached hydrogens (tertiary/aromatic N) is 3. The first-order valence-corrected chi connectivity index (χ1v) is 8.03. The van der Waals surface area contributed by atoms with Crippen molar-refractivity contribution in [3.05, 3.63) is 42.1 Å². The van der Waals surface area contributed by atoms with Gasteiger partial charge in [0.15, 0.2) is 5.65 Å². The fraction of sp³-hybridized carbons (Fsp3) is 0.250. The summed E-state index contributed by atoms with van der Waals surface area (Å²) in [6, 6.07) is 10.1. The first kappa shape index (κ1) is 15.9. The molecule has 3 rings (SSSR count). The van der Waals surface area contributed by atoms with Gasteiger partial charge in [-0.25, -0.2) is 9.97 Å². The number of alkyl halides is 3. The Kier molecular flexibility index (Phi) is 4.06. The van der Waals surface area contributed by atoms with Crippen LogP contribution in [0.5, 0.6) is 0 Å². The van der Waals surface area contributed by atoms with Gasteiger partial charge in [0.25, 0.3) is 0 Å². The van der Waals surface area contributed by atoms with Gasteiger partial charge in [0.2, 0.25) is 0 Å². The van der Waals surface area contributed by atoms with Gasteiger partial charge >= 0.3 is 6.18 Å². The number of aryl methyl sites for hydroxylation is 1. The van der Waals surface area contributed by atoms with Gasteiger partial charge in [-0.1, -0.05) is 25.1 Å². The fourth-order valence-corrected chi connectivity index (χ4v) is 3.21. The molecular formula is C16H14F3N3S. The van der Waals surface area contributed by atoms with Crippen LogP contribution in [0.4, 0.5) is 13.2 Å². The lowest BCUT2D eigenvalue weighted by Crippen LogP contribution is -2.07. The molecule has 3 aromatic rings. The molecule has 2 heterocycles. The molecule has 0 aliphatic heterocycles. The summed E-state index contributed by atoms with van der Waals surface area (Å²) < 4.78 is 40.2. The van der Waals surface area contributed by atoms with Crippen LogP contribution in [-0.4, -0.2) is 20.3 Å². The monoisotopic (exact) mass is 337 g/mol. The number of rotatable bonds is 3. The van der Waals surface area contributed by atoms with Crippen molar-refractivity contribution in [2.75, 3.05) is 5.75 Å². The Hall–Kier alpha value is -2.02. The van der Waals surface area contributed by atoms with Crippen molar-refractivity contribution in [1.82, 2.24) is 14.5 Å². The van der Waals surface area contributed by atoms with Gasteiger partial charge in [-0.05, 0) is 24.0 Å². The molecule has 0 amide bonds. The Balaban J connectivity index is 2.18. The molecule has 7 heteroatoms. The number of pyridine rings is 1. The first-order chi connectivity index (χ1) is 10.9. The lowest BCUT2D eigenvalue weighted by molar-refractivity contribution is -0.141. The number of hydrogen-bond donors (Lipinski definition) is 0. The minimum Gasteiger partial charge on any atom is -0.326 e. The smallest absolute Gasteiger partial charge is 0.326 e. The molecular weight excluding hydrogens is 323 g/mol. The number of aromatic nitrogens is 3. The van der Waals surface area contributed by atoms with Crippen molar-refractivity contribution in [3.63, 3.8) is 0 Å². The van der Waals surface area contributed by atoms with Crippen molar-refractivity contribution in [2.24, 2.45) is 7.05 Å². The average molecular weight is 337 g/mol. The maximum absolute atomic E-state index is 12.8. The Morgan fingerprint density at radius 2 is 1.83 bits per heavy atom. The number of thioether (sulfide) groups is 1. The molecule has 120 valence electrons. The van der Waals surface area contributed by atoms with Gasteiger partial charge in [0, 0.05) is 17.5 Å². The van der Waals surface area contributed by atoms with Gasteiger partial charge in [0.05, 0.1) is 5.52 Å². The summed E-state index contributed by atoms with van der Waals surface area (Å²) in [5.41, 5.74) is 0.650. The fourth-order valence-electron chi connectivity index (χ4n) is 2.41. The number of hydrogen-bond acceptors (Lipinski definition) is 3. The second-order valence-electron chi connectivity index (χ2n) is 4.96. The highest BCUT2D eigenvalue weighted by Crippen LogP contribution is 2.33. The van der Waals surface area contributed by atoms with Crippen molar-refractivity contribution >= 4 is 22.9 Å². The van der Waals surface area contributed by atoms with Gasteiger partial charge < -0.3 is 4.57 Å². The van der Waals surface area contributed by atoms with E-state index in [-0.39, 0.29) is 5.65 Å². The number of imidazole rings is 1. The van der Waals surface area contributed by atoms with Crippen LogP contribution in [0.15, 0.2) is 41.3 Å². The molecule has 0 fully saturated rings. The molecule has 0 unspecified atom stereocenters. The number of benzene rings is 1. The maximum Gasteiger partial charge on any atom is 0.433 e. The summed E-state index contributed by atoms with van der Waals surface area (Å²) >= 11 is 1.67. The minimum atomic E-state index is -4.47. The lowest BCUT2D eigenvalue weighted by atomic mass is 10.2. The summed E-state index contributed by atoms with van der Waals surface area (Å²) in [4.78, 5) is 9.05. The lowest BCUT2D eigenvalue weighted by Gasteiger charge is -2.08. The van der Waals surface area contributed by atoms with E-state index in [1.165, 1.54) is 6.07 Å².